The molecule has 0 aromatic carbocycles. The fraction of sp³-hybridized carbons (Fsp3) is 0.353. The van der Waals surface area contributed by atoms with Gasteiger partial charge in [0.05, 0.1) is 11.9 Å². The molecule has 3 heterocycles. The summed E-state index contributed by atoms with van der Waals surface area (Å²) in [4.78, 5) is 20.1. The number of imidazole rings is 1. The monoisotopic (exact) mass is 325 g/mol. The van der Waals surface area contributed by atoms with Crippen molar-refractivity contribution in [2.75, 3.05) is 11.9 Å². The summed E-state index contributed by atoms with van der Waals surface area (Å²) in [5.74, 6) is 1.02. The molecule has 124 valence electrons. The molecule has 7 heteroatoms. The molecule has 3 aromatic rings. The summed E-state index contributed by atoms with van der Waals surface area (Å²) >= 11 is 0. The Morgan fingerprint density at radius 1 is 1.38 bits per heavy atom. The van der Waals surface area contributed by atoms with Crippen LogP contribution in [-0.2, 0) is 0 Å². The summed E-state index contributed by atoms with van der Waals surface area (Å²) in [7, 11) is 0. The molecule has 0 aliphatic heterocycles. The lowest BCUT2D eigenvalue weighted by Crippen LogP contribution is -2.13. The van der Waals surface area contributed by atoms with Crippen LogP contribution in [0.2, 0.25) is 0 Å². The van der Waals surface area contributed by atoms with Crippen LogP contribution in [0.5, 0.6) is 0 Å². The Morgan fingerprint density at radius 3 is 2.96 bits per heavy atom. The predicted molar refractivity (Wildman–Crippen MR) is 89.7 cm³/mol. The summed E-state index contributed by atoms with van der Waals surface area (Å²) in [6.07, 6.45) is 12.0. The van der Waals surface area contributed by atoms with Crippen molar-refractivity contribution in [3.05, 3.63) is 36.7 Å². The van der Waals surface area contributed by atoms with Crippen molar-refractivity contribution in [1.29, 1.82) is 0 Å². The van der Waals surface area contributed by atoms with Gasteiger partial charge in [-0.15, -0.1) is 0 Å². The van der Waals surface area contributed by atoms with Gasteiger partial charge in [-0.05, 0) is 24.8 Å². The number of carbonyl (C=O) groups excluding carboxylic acids is 1. The second-order valence-electron chi connectivity index (χ2n) is 6.21. The average molecular weight is 325 g/mol. The first-order valence-electron chi connectivity index (χ1n) is 8.17. The number of anilines is 1. The predicted octanol–water partition coefficient (Wildman–Crippen LogP) is 2.69. The van der Waals surface area contributed by atoms with E-state index in [4.69, 9.17) is 10.2 Å². The summed E-state index contributed by atoms with van der Waals surface area (Å²) in [5.41, 5.74) is 7.53. The van der Waals surface area contributed by atoms with Gasteiger partial charge in [0.25, 0.3) is 5.91 Å². The molecule has 3 aromatic heterocycles. The zero-order valence-corrected chi connectivity index (χ0v) is 13.2. The lowest BCUT2D eigenvalue weighted by atomic mass is 10.1. The molecule has 24 heavy (non-hydrogen) atoms. The van der Waals surface area contributed by atoms with Gasteiger partial charge in [-0.2, -0.15) is 0 Å². The van der Waals surface area contributed by atoms with E-state index in [-0.39, 0.29) is 5.76 Å². The Labute approximate surface area is 138 Å². The fourth-order valence-corrected chi connectivity index (χ4v) is 3.31. The van der Waals surface area contributed by atoms with Crippen LogP contribution in [0.1, 0.15) is 36.2 Å². The maximum Gasteiger partial charge on any atom is 0.284 e. The minimum absolute atomic E-state index is 0.127. The van der Waals surface area contributed by atoms with Gasteiger partial charge in [-0.25, -0.2) is 9.97 Å². The van der Waals surface area contributed by atoms with E-state index in [1.54, 1.807) is 18.5 Å². The molecule has 0 unspecified atom stereocenters. The Kier molecular flexibility index (Phi) is 3.68. The van der Waals surface area contributed by atoms with Gasteiger partial charge < -0.3 is 15.5 Å². The molecule has 7 nitrogen and oxygen atoms in total. The van der Waals surface area contributed by atoms with Crippen LogP contribution in [0.4, 0.5) is 5.82 Å². The Balaban J connectivity index is 1.64. The van der Waals surface area contributed by atoms with E-state index in [1.165, 1.54) is 31.9 Å². The third kappa shape index (κ3) is 2.62. The van der Waals surface area contributed by atoms with Crippen molar-refractivity contribution in [2.45, 2.75) is 25.7 Å². The summed E-state index contributed by atoms with van der Waals surface area (Å²) in [5, 5.41) is 3.43. The minimum atomic E-state index is -0.592. The van der Waals surface area contributed by atoms with Crippen LogP contribution in [-0.4, -0.2) is 26.8 Å². The normalized spacial score (nSPS) is 15.2. The Hall–Kier alpha value is -2.83. The van der Waals surface area contributed by atoms with E-state index >= 15 is 0 Å². The maximum atomic E-state index is 11.2. The van der Waals surface area contributed by atoms with Crippen molar-refractivity contribution in [1.82, 2.24) is 14.4 Å². The lowest BCUT2D eigenvalue weighted by molar-refractivity contribution is 0.0974. The number of rotatable bonds is 5. The highest BCUT2D eigenvalue weighted by Gasteiger charge is 2.17. The third-order valence-corrected chi connectivity index (χ3v) is 4.60. The minimum Gasteiger partial charge on any atom is -0.458 e. The SMILES string of the molecule is NC(=O)c1cc(-c2cnc(NCC3CCCC3)c3nccn23)co1. The van der Waals surface area contributed by atoms with Gasteiger partial charge in [0, 0.05) is 24.5 Å². The lowest BCUT2D eigenvalue weighted by Gasteiger charge is -2.12. The zero-order chi connectivity index (χ0) is 16.5. The van der Waals surface area contributed by atoms with Crippen LogP contribution >= 0.6 is 0 Å². The Bertz CT molecular complexity index is 876. The van der Waals surface area contributed by atoms with E-state index in [0.29, 0.717) is 5.92 Å². The highest BCUT2D eigenvalue weighted by Crippen LogP contribution is 2.27. The highest BCUT2D eigenvalue weighted by atomic mass is 16.3. The van der Waals surface area contributed by atoms with Crippen molar-refractivity contribution >= 4 is 17.4 Å². The quantitative estimate of drug-likeness (QED) is 0.751. The molecule has 1 aliphatic carbocycles. The average Bonchev–Trinajstić information content (AvgIpc) is 3.32. The van der Waals surface area contributed by atoms with E-state index < -0.39 is 5.91 Å². The number of hydrogen-bond donors (Lipinski definition) is 2. The van der Waals surface area contributed by atoms with Crippen molar-refractivity contribution in [3.8, 4) is 11.3 Å². The van der Waals surface area contributed by atoms with Gasteiger partial charge in [-0.3, -0.25) is 9.20 Å². The van der Waals surface area contributed by atoms with Gasteiger partial charge in [0.1, 0.15) is 6.26 Å². The number of carbonyl (C=O) groups is 1. The van der Waals surface area contributed by atoms with Crippen LogP contribution in [0.3, 0.4) is 0 Å². The summed E-state index contributed by atoms with van der Waals surface area (Å²) < 4.78 is 7.13. The summed E-state index contributed by atoms with van der Waals surface area (Å²) in [6, 6.07) is 1.62. The first-order chi connectivity index (χ1) is 11.7. The van der Waals surface area contributed by atoms with Gasteiger partial charge >= 0.3 is 0 Å². The zero-order valence-electron chi connectivity index (χ0n) is 13.2. The molecule has 0 saturated heterocycles. The first-order valence-corrected chi connectivity index (χ1v) is 8.17. The molecule has 1 saturated carbocycles. The molecular formula is C17H19N5O2. The molecule has 1 aliphatic rings. The molecule has 0 atom stereocenters. The van der Waals surface area contributed by atoms with Crippen LogP contribution < -0.4 is 11.1 Å². The van der Waals surface area contributed by atoms with Crippen molar-refractivity contribution in [2.24, 2.45) is 11.7 Å². The fourth-order valence-electron chi connectivity index (χ4n) is 3.31. The molecule has 0 bridgehead atoms. The van der Waals surface area contributed by atoms with Crippen LogP contribution in [0.15, 0.2) is 35.3 Å². The number of primary amides is 1. The largest absolute Gasteiger partial charge is 0.458 e. The van der Waals surface area contributed by atoms with Crippen LogP contribution in [0.25, 0.3) is 16.9 Å². The van der Waals surface area contributed by atoms with E-state index in [9.17, 15) is 4.79 Å². The van der Waals surface area contributed by atoms with Gasteiger partial charge in [0.15, 0.2) is 17.2 Å². The molecule has 1 fully saturated rings. The van der Waals surface area contributed by atoms with Gasteiger partial charge in [-0.1, -0.05) is 12.8 Å². The summed E-state index contributed by atoms with van der Waals surface area (Å²) in [6.45, 7) is 0.923. The molecule has 4 rings (SSSR count). The number of fused-ring (bicyclic) bond motifs is 1. The second kappa shape index (κ2) is 5.99. The molecule has 0 spiro atoms. The van der Waals surface area contributed by atoms with Gasteiger partial charge in [0.2, 0.25) is 0 Å². The second-order valence-corrected chi connectivity index (χ2v) is 6.21. The molecular weight excluding hydrogens is 306 g/mol. The van der Waals surface area contributed by atoms with E-state index in [1.807, 2.05) is 10.6 Å². The first kappa shape index (κ1) is 14.7. The van der Waals surface area contributed by atoms with Crippen molar-refractivity contribution < 1.29 is 9.21 Å². The van der Waals surface area contributed by atoms with Crippen LogP contribution in [0, 0.1) is 5.92 Å². The smallest absolute Gasteiger partial charge is 0.284 e. The highest BCUT2D eigenvalue weighted by molar-refractivity contribution is 5.91. The molecule has 3 N–H and O–H groups in total. The number of furan rings is 1. The standard InChI is InChI=1S/C17H19N5O2/c18-15(23)14-7-12(10-24-14)13-9-21-16(17-19-5-6-22(13)17)20-8-11-3-1-2-4-11/h5-7,9-11H,1-4,8H2,(H2,18,23)(H,20,21). The van der Waals surface area contributed by atoms with E-state index in [0.717, 1.165) is 29.3 Å². The molecule has 1 amide bonds. The van der Waals surface area contributed by atoms with Crippen molar-refractivity contribution in [3.63, 3.8) is 0 Å². The number of hydrogen-bond acceptors (Lipinski definition) is 5. The number of aromatic nitrogens is 3. The number of nitrogens with zero attached hydrogens (tertiary/aromatic N) is 3. The Morgan fingerprint density at radius 2 is 2.21 bits per heavy atom. The van der Waals surface area contributed by atoms with E-state index in [2.05, 4.69) is 15.3 Å². The maximum absolute atomic E-state index is 11.2. The number of nitrogens with one attached hydrogen (secondary N) is 1. The number of nitrogens with two attached hydrogens (primary N) is 1. The third-order valence-electron chi connectivity index (χ3n) is 4.60. The topological polar surface area (TPSA) is 98.5 Å². The molecule has 0 radical (unpaired) electrons. The number of amides is 1.